The normalized spacial score (nSPS) is 18.6. The van der Waals surface area contributed by atoms with Gasteiger partial charge >= 0.3 is 0 Å². The van der Waals surface area contributed by atoms with Crippen molar-refractivity contribution in [2.24, 2.45) is 4.99 Å². The van der Waals surface area contributed by atoms with Crippen LogP contribution in [-0.2, 0) is 0 Å². The summed E-state index contributed by atoms with van der Waals surface area (Å²) in [6, 6.07) is 11.7. The number of rotatable bonds is 3. The van der Waals surface area contributed by atoms with E-state index in [1.165, 1.54) is 0 Å². The van der Waals surface area contributed by atoms with E-state index < -0.39 is 0 Å². The number of thioether (sulfide) groups is 1. The van der Waals surface area contributed by atoms with E-state index in [1.54, 1.807) is 21.2 Å². The number of nitrogens with zero attached hydrogens (tertiary/aromatic N) is 6. The summed E-state index contributed by atoms with van der Waals surface area (Å²) in [4.78, 5) is 28.4. The predicted octanol–water partition coefficient (Wildman–Crippen LogP) is 3.40. The predicted molar refractivity (Wildman–Crippen MR) is 106 cm³/mol. The highest BCUT2D eigenvalue weighted by molar-refractivity contribution is 8.14. The van der Waals surface area contributed by atoms with Crippen molar-refractivity contribution in [1.82, 2.24) is 24.5 Å². The molecule has 7 nitrogen and oxygen atoms in total. The maximum absolute atomic E-state index is 13.2. The van der Waals surface area contributed by atoms with Crippen LogP contribution in [0.15, 0.2) is 41.4 Å². The Kier molecular flexibility index (Phi) is 4.65. The fourth-order valence-electron chi connectivity index (χ4n) is 3.09. The molecule has 3 heterocycles. The van der Waals surface area contributed by atoms with Crippen molar-refractivity contribution >= 4 is 34.3 Å². The Morgan fingerprint density at radius 3 is 2.78 bits per heavy atom. The maximum Gasteiger partial charge on any atom is 0.299 e. The van der Waals surface area contributed by atoms with Crippen LogP contribution in [0.25, 0.3) is 5.78 Å². The topological polar surface area (TPSA) is 75.8 Å². The zero-order valence-electron chi connectivity index (χ0n) is 15.5. The highest BCUT2D eigenvalue weighted by atomic mass is 32.2. The molecule has 1 saturated heterocycles. The van der Waals surface area contributed by atoms with Gasteiger partial charge in [0.2, 0.25) is 5.82 Å². The number of aryl methyl sites for hydroxylation is 2. The quantitative estimate of drug-likeness (QED) is 0.696. The van der Waals surface area contributed by atoms with Crippen LogP contribution >= 0.6 is 11.8 Å². The molecule has 0 radical (unpaired) electrons. The van der Waals surface area contributed by atoms with Crippen LogP contribution in [-0.4, -0.2) is 47.4 Å². The van der Waals surface area contributed by atoms with Gasteiger partial charge in [0.25, 0.3) is 11.7 Å². The van der Waals surface area contributed by atoms with E-state index in [-0.39, 0.29) is 17.8 Å². The van der Waals surface area contributed by atoms with Crippen LogP contribution in [0.3, 0.4) is 0 Å². The van der Waals surface area contributed by atoms with Gasteiger partial charge in [-0.15, -0.1) is 5.10 Å². The van der Waals surface area contributed by atoms with E-state index in [4.69, 9.17) is 0 Å². The Balaban J connectivity index is 1.73. The first-order chi connectivity index (χ1) is 13.1. The Morgan fingerprint density at radius 2 is 2.04 bits per heavy atom. The molecule has 1 amide bonds. The van der Waals surface area contributed by atoms with E-state index in [0.29, 0.717) is 10.9 Å². The number of para-hydroxylation sites is 1. The van der Waals surface area contributed by atoms with Gasteiger partial charge in [0, 0.05) is 23.2 Å². The minimum absolute atomic E-state index is 0.0763. The largest absolute Gasteiger partial charge is 0.299 e. The average molecular weight is 380 g/mol. The van der Waals surface area contributed by atoms with E-state index in [9.17, 15) is 4.79 Å². The SMILES string of the molecule is CCC1CSC(=Nc2ccccc2)N1C(=O)c1nc2nc(C)cc(C)n2n1. The minimum Gasteiger partial charge on any atom is -0.280 e. The van der Waals surface area contributed by atoms with Crippen LogP contribution in [0.1, 0.15) is 35.4 Å². The third-order valence-corrected chi connectivity index (χ3v) is 5.55. The highest BCUT2D eigenvalue weighted by Gasteiger charge is 2.36. The average Bonchev–Trinajstić information content (AvgIpc) is 3.26. The zero-order chi connectivity index (χ0) is 19.0. The molecule has 1 aliphatic heterocycles. The summed E-state index contributed by atoms with van der Waals surface area (Å²) in [5.74, 6) is 1.18. The van der Waals surface area contributed by atoms with Crippen molar-refractivity contribution < 1.29 is 4.79 Å². The van der Waals surface area contributed by atoms with Gasteiger partial charge in [0.05, 0.1) is 5.69 Å². The van der Waals surface area contributed by atoms with E-state index in [2.05, 4.69) is 27.0 Å². The molecule has 1 aliphatic rings. The van der Waals surface area contributed by atoms with Crippen LogP contribution in [0.2, 0.25) is 0 Å². The summed E-state index contributed by atoms with van der Waals surface area (Å²) in [5.41, 5.74) is 2.57. The molecular formula is C19H20N6OS. The zero-order valence-corrected chi connectivity index (χ0v) is 16.3. The third-order valence-electron chi connectivity index (χ3n) is 4.46. The van der Waals surface area contributed by atoms with Crippen molar-refractivity contribution in [1.29, 1.82) is 0 Å². The smallest absolute Gasteiger partial charge is 0.280 e. The fraction of sp³-hybridized carbons (Fsp3) is 0.316. The Hall–Kier alpha value is -2.74. The number of hydrogen-bond acceptors (Lipinski definition) is 6. The number of amidine groups is 1. The van der Waals surface area contributed by atoms with Crippen LogP contribution in [0.5, 0.6) is 0 Å². The summed E-state index contributed by atoms with van der Waals surface area (Å²) in [6.07, 6.45) is 0.844. The Labute approximate surface area is 161 Å². The Bertz CT molecular complexity index is 1030. The minimum atomic E-state index is -0.232. The van der Waals surface area contributed by atoms with Gasteiger partial charge in [-0.1, -0.05) is 36.9 Å². The first-order valence-electron chi connectivity index (χ1n) is 8.88. The van der Waals surface area contributed by atoms with Crippen molar-refractivity contribution in [3.8, 4) is 0 Å². The van der Waals surface area contributed by atoms with Gasteiger partial charge in [-0.2, -0.15) is 4.98 Å². The lowest BCUT2D eigenvalue weighted by Crippen LogP contribution is -2.39. The van der Waals surface area contributed by atoms with Gasteiger partial charge in [-0.05, 0) is 38.5 Å². The number of benzene rings is 1. The maximum atomic E-state index is 13.2. The molecule has 2 aromatic heterocycles. The third kappa shape index (κ3) is 3.32. The van der Waals surface area contributed by atoms with Crippen LogP contribution in [0, 0.1) is 13.8 Å². The molecule has 1 fully saturated rings. The van der Waals surface area contributed by atoms with Crippen molar-refractivity contribution in [3.05, 3.63) is 53.6 Å². The number of amides is 1. The number of carbonyl (C=O) groups is 1. The van der Waals surface area contributed by atoms with E-state index in [1.807, 2.05) is 50.2 Å². The van der Waals surface area contributed by atoms with Crippen molar-refractivity contribution in [2.45, 2.75) is 33.2 Å². The number of hydrogen-bond donors (Lipinski definition) is 0. The molecule has 0 saturated carbocycles. The molecule has 138 valence electrons. The van der Waals surface area contributed by atoms with Gasteiger partial charge in [0.1, 0.15) is 0 Å². The lowest BCUT2D eigenvalue weighted by Gasteiger charge is -2.21. The van der Waals surface area contributed by atoms with E-state index >= 15 is 0 Å². The molecule has 8 heteroatoms. The second-order valence-corrected chi connectivity index (χ2v) is 7.45. The first kappa shape index (κ1) is 17.7. The molecule has 27 heavy (non-hydrogen) atoms. The lowest BCUT2D eigenvalue weighted by molar-refractivity contribution is 0.0808. The molecular weight excluding hydrogens is 360 g/mol. The molecule has 0 spiro atoms. The molecule has 1 aromatic carbocycles. The molecule has 3 aromatic rings. The van der Waals surface area contributed by atoms with Crippen LogP contribution < -0.4 is 0 Å². The Morgan fingerprint density at radius 1 is 1.26 bits per heavy atom. The summed E-state index contributed by atoms with van der Waals surface area (Å²) in [6.45, 7) is 5.90. The van der Waals surface area contributed by atoms with Crippen LogP contribution in [0.4, 0.5) is 5.69 Å². The highest BCUT2D eigenvalue weighted by Crippen LogP contribution is 2.29. The monoisotopic (exact) mass is 380 g/mol. The molecule has 0 bridgehead atoms. The van der Waals surface area contributed by atoms with E-state index in [0.717, 1.165) is 29.2 Å². The summed E-state index contributed by atoms with van der Waals surface area (Å²) in [7, 11) is 0. The van der Waals surface area contributed by atoms with Crippen molar-refractivity contribution in [2.75, 3.05) is 5.75 Å². The molecule has 0 N–H and O–H groups in total. The molecule has 1 atom stereocenters. The van der Waals surface area contributed by atoms with Crippen molar-refractivity contribution in [3.63, 3.8) is 0 Å². The molecule has 4 rings (SSSR count). The van der Waals surface area contributed by atoms with Gasteiger partial charge in [-0.25, -0.2) is 14.5 Å². The van der Waals surface area contributed by atoms with Gasteiger partial charge in [-0.3, -0.25) is 9.69 Å². The first-order valence-corrected chi connectivity index (χ1v) is 9.86. The standard InChI is InChI=1S/C19H20N6OS/c1-4-15-11-27-19(21-14-8-6-5-7-9-14)24(15)17(26)16-22-18-20-12(2)10-13(3)25(18)23-16/h5-10,15H,4,11H2,1-3H3. The second kappa shape index (κ2) is 7.11. The number of aliphatic imine (C=N–C) groups is 1. The number of fused-ring (bicyclic) bond motifs is 1. The summed E-state index contributed by atoms with van der Waals surface area (Å²) in [5, 5.41) is 5.09. The summed E-state index contributed by atoms with van der Waals surface area (Å²) >= 11 is 1.59. The van der Waals surface area contributed by atoms with Gasteiger partial charge < -0.3 is 0 Å². The number of aromatic nitrogens is 4. The second-order valence-electron chi connectivity index (χ2n) is 6.46. The molecule has 0 aliphatic carbocycles. The van der Waals surface area contributed by atoms with Gasteiger partial charge in [0.15, 0.2) is 5.17 Å². The summed E-state index contributed by atoms with van der Waals surface area (Å²) < 4.78 is 1.61. The molecule has 1 unspecified atom stereocenters. The number of carbonyl (C=O) groups excluding carboxylic acids is 1. The lowest BCUT2D eigenvalue weighted by atomic mass is 10.2. The fourth-order valence-corrected chi connectivity index (χ4v) is 4.36.